The number of hydrogen-bond acceptors (Lipinski definition) is 4. The van der Waals surface area contributed by atoms with Crippen LogP contribution >= 0.6 is 15.9 Å². The van der Waals surface area contributed by atoms with Gasteiger partial charge in [0.15, 0.2) is 0 Å². The van der Waals surface area contributed by atoms with Crippen LogP contribution in [0.25, 0.3) is 0 Å². The molecule has 0 saturated heterocycles. The predicted octanol–water partition coefficient (Wildman–Crippen LogP) is 2.60. The first-order chi connectivity index (χ1) is 9.22. The van der Waals surface area contributed by atoms with Crippen molar-refractivity contribution in [3.8, 4) is 11.5 Å². The smallest absolute Gasteiger partial charge is 0.134 e. The van der Waals surface area contributed by atoms with E-state index in [1.807, 2.05) is 18.2 Å². The fourth-order valence-electron chi connectivity index (χ4n) is 1.79. The molecule has 1 aliphatic rings. The maximum atomic E-state index is 5.97. The van der Waals surface area contributed by atoms with Crippen molar-refractivity contribution in [3.63, 3.8) is 0 Å². The Labute approximate surface area is 122 Å². The topological polar surface area (TPSA) is 39.7 Å². The van der Waals surface area contributed by atoms with E-state index in [4.69, 9.17) is 14.2 Å². The lowest BCUT2D eigenvalue weighted by Gasteiger charge is -2.20. The molecule has 0 amide bonds. The predicted molar refractivity (Wildman–Crippen MR) is 78.0 cm³/mol. The third kappa shape index (κ3) is 4.67. The van der Waals surface area contributed by atoms with Crippen molar-refractivity contribution in [2.45, 2.75) is 25.0 Å². The summed E-state index contributed by atoms with van der Waals surface area (Å²) in [7, 11) is 3.34. The largest absolute Gasteiger partial charge is 0.497 e. The molecule has 1 aromatic carbocycles. The zero-order valence-electron chi connectivity index (χ0n) is 11.3. The van der Waals surface area contributed by atoms with Gasteiger partial charge in [-0.1, -0.05) is 0 Å². The molecule has 0 aliphatic heterocycles. The van der Waals surface area contributed by atoms with E-state index in [-0.39, 0.29) is 6.10 Å². The van der Waals surface area contributed by atoms with Gasteiger partial charge in [0.05, 0.1) is 18.2 Å². The van der Waals surface area contributed by atoms with E-state index in [2.05, 4.69) is 21.2 Å². The molecule has 4 nitrogen and oxygen atoms in total. The van der Waals surface area contributed by atoms with Crippen LogP contribution in [0.2, 0.25) is 0 Å². The third-order valence-electron chi connectivity index (χ3n) is 3.00. The van der Waals surface area contributed by atoms with Crippen molar-refractivity contribution >= 4 is 15.9 Å². The van der Waals surface area contributed by atoms with Gasteiger partial charge in [-0.3, -0.25) is 0 Å². The average Bonchev–Trinajstić information content (AvgIpc) is 3.22. The van der Waals surface area contributed by atoms with Crippen LogP contribution in [0.3, 0.4) is 0 Å². The number of ether oxygens (including phenoxy) is 3. The average molecular weight is 330 g/mol. The number of benzene rings is 1. The molecule has 1 aromatic rings. The van der Waals surface area contributed by atoms with Crippen LogP contribution in [0.1, 0.15) is 12.8 Å². The van der Waals surface area contributed by atoms with Gasteiger partial charge in [-0.15, -0.1) is 0 Å². The summed E-state index contributed by atoms with van der Waals surface area (Å²) in [6.07, 6.45) is 2.55. The quantitative estimate of drug-likeness (QED) is 0.795. The maximum absolute atomic E-state index is 5.97. The molecule has 1 aliphatic carbocycles. The van der Waals surface area contributed by atoms with Crippen LogP contribution in [0.5, 0.6) is 11.5 Å². The first-order valence-corrected chi connectivity index (χ1v) is 7.24. The first-order valence-electron chi connectivity index (χ1n) is 6.45. The summed E-state index contributed by atoms with van der Waals surface area (Å²) in [5, 5.41) is 3.46. The number of rotatable bonds is 8. The third-order valence-corrected chi connectivity index (χ3v) is 3.62. The van der Waals surface area contributed by atoms with Crippen LogP contribution < -0.4 is 14.8 Å². The minimum absolute atomic E-state index is 0.00953. The van der Waals surface area contributed by atoms with Crippen LogP contribution in [-0.4, -0.2) is 39.5 Å². The van der Waals surface area contributed by atoms with E-state index >= 15 is 0 Å². The van der Waals surface area contributed by atoms with E-state index in [0.717, 1.165) is 22.5 Å². The van der Waals surface area contributed by atoms with Gasteiger partial charge in [-0.25, -0.2) is 0 Å². The Bertz CT molecular complexity index is 410. The molecule has 0 radical (unpaired) electrons. The van der Waals surface area contributed by atoms with Gasteiger partial charge in [-0.2, -0.15) is 0 Å². The van der Waals surface area contributed by atoms with Crippen molar-refractivity contribution in [2.24, 2.45) is 0 Å². The molecule has 5 heteroatoms. The molecular weight excluding hydrogens is 310 g/mol. The van der Waals surface area contributed by atoms with Gasteiger partial charge in [-0.05, 0) is 47.0 Å². The molecule has 2 rings (SSSR count). The highest BCUT2D eigenvalue weighted by Gasteiger charge is 2.22. The number of hydrogen-bond donors (Lipinski definition) is 1. The van der Waals surface area contributed by atoms with Crippen molar-refractivity contribution in [2.75, 3.05) is 27.4 Å². The summed E-state index contributed by atoms with van der Waals surface area (Å²) in [6.45, 7) is 1.37. The van der Waals surface area contributed by atoms with Gasteiger partial charge in [0.25, 0.3) is 0 Å². The fourth-order valence-corrected chi connectivity index (χ4v) is 2.24. The molecule has 106 valence electrons. The monoisotopic (exact) mass is 329 g/mol. The zero-order chi connectivity index (χ0) is 13.7. The van der Waals surface area contributed by atoms with Gasteiger partial charge in [0.2, 0.25) is 0 Å². The summed E-state index contributed by atoms with van der Waals surface area (Å²) in [5.41, 5.74) is 0. The Morgan fingerprint density at radius 3 is 2.74 bits per heavy atom. The van der Waals surface area contributed by atoms with Gasteiger partial charge >= 0.3 is 0 Å². The van der Waals surface area contributed by atoms with E-state index in [1.54, 1.807) is 14.2 Å². The molecule has 19 heavy (non-hydrogen) atoms. The summed E-state index contributed by atoms with van der Waals surface area (Å²) in [4.78, 5) is 0. The van der Waals surface area contributed by atoms with Crippen LogP contribution in [-0.2, 0) is 4.74 Å². The second-order valence-corrected chi connectivity index (χ2v) is 5.53. The molecule has 1 unspecified atom stereocenters. The number of halogens is 1. The molecule has 1 atom stereocenters. The Kier molecular flexibility index (Phi) is 5.48. The fraction of sp³-hybridized carbons (Fsp3) is 0.571. The molecular formula is C14H20BrNO3. The lowest BCUT2D eigenvalue weighted by molar-refractivity contribution is 0.0798. The van der Waals surface area contributed by atoms with Crippen LogP contribution in [0.15, 0.2) is 22.7 Å². The number of methoxy groups -OCH3 is 2. The van der Waals surface area contributed by atoms with Gasteiger partial charge in [0, 0.05) is 19.7 Å². The molecule has 1 fully saturated rings. The second-order valence-electron chi connectivity index (χ2n) is 4.67. The Hall–Kier alpha value is -0.780. The number of nitrogens with one attached hydrogen (secondary N) is 1. The molecule has 0 bridgehead atoms. The SMILES string of the molecule is COCC(CNC1CC1)Oc1ccc(OC)cc1Br. The highest BCUT2D eigenvalue weighted by Crippen LogP contribution is 2.30. The standard InChI is InChI=1S/C14H20BrNO3/c1-17-9-12(8-16-10-3-4-10)19-14-6-5-11(18-2)7-13(14)15/h5-7,10,12,16H,3-4,8-9H2,1-2H3. The normalized spacial score (nSPS) is 16.2. The Balaban J connectivity index is 1.94. The van der Waals surface area contributed by atoms with E-state index in [0.29, 0.717) is 12.6 Å². The lowest BCUT2D eigenvalue weighted by Crippen LogP contribution is -2.36. The van der Waals surface area contributed by atoms with Crippen molar-refractivity contribution in [1.29, 1.82) is 0 Å². The summed E-state index contributed by atoms with van der Waals surface area (Å²) < 4.78 is 17.2. The van der Waals surface area contributed by atoms with Crippen molar-refractivity contribution in [1.82, 2.24) is 5.32 Å². The van der Waals surface area contributed by atoms with E-state index in [1.165, 1.54) is 12.8 Å². The lowest BCUT2D eigenvalue weighted by atomic mass is 10.3. The molecule has 0 heterocycles. The van der Waals surface area contributed by atoms with Crippen LogP contribution in [0, 0.1) is 0 Å². The summed E-state index contributed by atoms with van der Waals surface area (Å²) in [6, 6.07) is 6.36. The zero-order valence-corrected chi connectivity index (χ0v) is 12.9. The highest BCUT2D eigenvalue weighted by atomic mass is 79.9. The second kappa shape index (κ2) is 7.12. The molecule has 0 aromatic heterocycles. The Morgan fingerprint density at radius 2 is 2.16 bits per heavy atom. The highest BCUT2D eigenvalue weighted by molar-refractivity contribution is 9.10. The maximum Gasteiger partial charge on any atom is 0.134 e. The van der Waals surface area contributed by atoms with Gasteiger partial charge in [0.1, 0.15) is 17.6 Å². The first kappa shape index (κ1) is 14.6. The molecule has 1 N–H and O–H groups in total. The van der Waals surface area contributed by atoms with E-state index < -0.39 is 0 Å². The minimum Gasteiger partial charge on any atom is -0.497 e. The minimum atomic E-state index is 0.00953. The van der Waals surface area contributed by atoms with Gasteiger partial charge < -0.3 is 19.5 Å². The van der Waals surface area contributed by atoms with Crippen molar-refractivity contribution in [3.05, 3.63) is 22.7 Å². The van der Waals surface area contributed by atoms with E-state index in [9.17, 15) is 0 Å². The van der Waals surface area contributed by atoms with Crippen LogP contribution in [0.4, 0.5) is 0 Å². The Morgan fingerprint density at radius 1 is 1.37 bits per heavy atom. The summed E-state index contributed by atoms with van der Waals surface area (Å²) in [5.74, 6) is 1.61. The molecule has 0 spiro atoms. The summed E-state index contributed by atoms with van der Waals surface area (Å²) >= 11 is 3.49. The molecule has 1 saturated carbocycles. The van der Waals surface area contributed by atoms with Crippen molar-refractivity contribution < 1.29 is 14.2 Å².